The van der Waals surface area contributed by atoms with Crippen molar-refractivity contribution in [3.8, 4) is 0 Å². The van der Waals surface area contributed by atoms with E-state index in [0.29, 0.717) is 5.41 Å². The van der Waals surface area contributed by atoms with Crippen LogP contribution in [0.1, 0.15) is 26.7 Å². The van der Waals surface area contributed by atoms with Crippen LogP contribution in [0, 0.1) is 11.3 Å². The molecule has 84 valence electrons. The van der Waals surface area contributed by atoms with Crippen molar-refractivity contribution in [2.45, 2.75) is 31.9 Å². The Morgan fingerprint density at radius 2 is 2.40 bits per heavy atom. The normalized spacial score (nSPS) is 37.4. The van der Waals surface area contributed by atoms with Gasteiger partial charge in [-0.1, -0.05) is 53.7 Å². The lowest BCUT2D eigenvalue weighted by molar-refractivity contribution is 0.510. The summed E-state index contributed by atoms with van der Waals surface area (Å²) in [5, 5.41) is 0.832. The zero-order valence-corrected chi connectivity index (χ0v) is 12.0. The quantitative estimate of drug-likeness (QED) is 0.641. The van der Waals surface area contributed by atoms with Crippen molar-refractivity contribution in [1.82, 2.24) is 0 Å². The summed E-state index contributed by atoms with van der Waals surface area (Å²) in [5.74, 6) is 0.852. The summed E-state index contributed by atoms with van der Waals surface area (Å²) >= 11 is 0. The highest BCUT2D eigenvalue weighted by atomic mass is 33.5. The topological polar surface area (TPSA) is 0 Å². The lowest BCUT2D eigenvalue weighted by Crippen LogP contribution is -2.19. The molecular formula is C12H18S3. The molecule has 1 spiro atoms. The van der Waals surface area contributed by atoms with Crippen molar-refractivity contribution >= 4 is 31.4 Å². The van der Waals surface area contributed by atoms with Crippen LogP contribution < -0.4 is 0 Å². The summed E-state index contributed by atoms with van der Waals surface area (Å²) < 4.78 is 0. The molecule has 1 fully saturated rings. The fourth-order valence-corrected chi connectivity index (χ4v) is 6.72. The monoisotopic (exact) mass is 258 g/mol. The van der Waals surface area contributed by atoms with Crippen LogP contribution in [-0.2, 0) is 0 Å². The zero-order valence-electron chi connectivity index (χ0n) is 9.58. The molecular weight excluding hydrogens is 240 g/mol. The molecule has 0 saturated heterocycles. The van der Waals surface area contributed by atoms with Crippen LogP contribution in [0.25, 0.3) is 0 Å². The Kier molecular flexibility index (Phi) is 3.54. The highest BCUT2D eigenvalue weighted by Crippen LogP contribution is 2.73. The van der Waals surface area contributed by atoms with E-state index in [2.05, 4.69) is 43.6 Å². The lowest BCUT2D eigenvalue weighted by atomic mass is 9.75. The smallest absolute Gasteiger partial charge is 0.0297 e. The first kappa shape index (κ1) is 12.0. The second kappa shape index (κ2) is 4.42. The van der Waals surface area contributed by atoms with Gasteiger partial charge >= 0.3 is 0 Å². The SMILES string of the molecule is C=C(CC)C1=CCC12C(C)C2SSSC. The number of allylic oxidation sites excluding steroid dienone is 3. The summed E-state index contributed by atoms with van der Waals surface area (Å²) in [5.41, 5.74) is 3.47. The predicted octanol–water partition coefficient (Wildman–Crippen LogP) is 4.95. The Bertz CT molecular complexity index is 308. The molecule has 2 rings (SSSR count). The van der Waals surface area contributed by atoms with Gasteiger partial charge in [0.15, 0.2) is 0 Å². The average Bonchev–Trinajstić information content (AvgIpc) is 2.81. The Morgan fingerprint density at radius 1 is 1.67 bits per heavy atom. The summed E-state index contributed by atoms with van der Waals surface area (Å²) in [7, 11) is 5.85. The summed E-state index contributed by atoms with van der Waals surface area (Å²) in [6.07, 6.45) is 6.94. The highest BCUT2D eigenvalue weighted by Gasteiger charge is 2.66. The summed E-state index contributed by atoms with van der Waals surface area (Å²) in [6, 6.07) is 0. The van der Waals surface area contributed by atoms with E-state index < -0.39 is 0 Å². The van der Waals surface area contributed by atoms with Crippen molar-refractivity contribution < 1.29 is 0 Å². The third-order valence-corrected chi connectivity index (χ3v) is 8.28. The van der Waals surface area contributed by atoms with Gasteiger partial charge in [-0.25, -0.2) is 0 Å². The maximum atomic E-state index is 4.19. The summed E-state index contributed by atoms with van der Waals surface area (Å²) in [6.45, 7) is 8.80. The minimum atomic E-state index is 0.528. The van der Waals surface area contributed by atoms with Crippen LogP contribution in [0.3, 0.4) is 0 Å². The second-order valence-corrected chi connectivity index (χ2v) is 8.74. The molecule has 0 nitrogen and oxygen atoms in total. The van der Waals surface area contributed by atoms with Crippen LogP contribution in [0.2, 0.25) is 0 Å². The van der Waals surface area contributed by atoms with E-state index in [1.807, 2.05) is 20.6 Å². The third kappa shape index (κ3) is 1.71. The van der Waals surface area contributed by atoms with Crippen molar-refractivity contribution in [3.63, 3.8) is 0 Å². The van der Waals surface area contributed by atoms with Gasteiger partial charge in [0.2, 0.25) is 0 Å². The first-order chi connectivity index (χ1) is 7.18. The van der Waals surface area contributed by atoms with Crippen molar-refractivity contribution in [3.05, 3.63) is 23.8 Å². The molecule has 0 heterocycles. The van der Waals surface area contributed by atoms with Crippen LogP contribution >= 0.6 is 31.4 Å². The Balaban J connectivity index is 2.01. The highest BCUT2D eigenvalue weighted by molar-refractivity contribution is 9.09. The maximum Gasteiger partial charge on any atom is 0.0297 e. The molecule has 3 atom stereocenters. The zero-order chi connectivity index (χ0) is 11.1. The molecule has 0 amide bonds. The van der Waals surface area contributed by atoms with E-state index in [4.69, 9.17) is 0 Å². The molecule has 2 aliphatic carbocycles. The standard InChI is InChI=1S/C12H18S3/c1-5-8(2)10-6-7-12(10)9(3)11(12)14-15-13-4/h6,9,11H,2,5,7H2,1,3-4H3. The van der Waals surface area contributed by atoms with Crippen molar-refractivity contribution in [2.24, 2.45) is 11.3 Å². The van der Waals surface area contributed by atoms with Crippen LogP contribution in [0.4, 0.5) is 0 Å². The number of rotatable bonds is 5. The van der Waals surface area contributed by atoms with E-state index in [9.17, 15) is 0 Å². The van der Waals surface area contributed by atoms with Crippen molar-refractivity contribution in [1.29, 1.82) is 0 Å². The lowest BCUT2D eigenvalue weighted by Gasteiger charge is -2.30. The minimum Gasteiger partial charge on any atom is -0.0956 e. The van der Waals surface area contributed by atoms with E-state index in [1.165, 1.54) is 12.0 Å². The molecule has 0 N–H and O–H groups in total. The van der Waals surface area contributed by atoms with E-state index in [-0.39, 0.29) is 0 Å². The van der Waals surface area contributed by atoms with Crippen LogP contribution in [-0.4, -0.2) is 11.5 Å². The Morgan fingerprint density at radius 3 is 2.87 bits per heavy atom. The third-order valence-electron chi connectivity index (χ3n) is 3.83. The predicted molar refractivity (Wildman–Crippen MR) is 76.2 cm³/mol. The molecule has 0 aromatic carbocycles. The molecule has 0 aromatic heterocycles. The largest absolute Gasteiger partial charge is 0.0956 e. The summed E-state index contributed by atoms with van der Waals surface area (Å²) in [4.78, 5) is 0. The molecule has 3 heteroatoms. The van der Waals surface area contributed by atoms with Gasteiger partial charge in [-0.3, -0.25) is 0 Å². The van der Waals surface area contributed by atoms with Gasteiger partial charge in [0.05, 0.1) is 0 Å². The molecule has 0 bridgehead atoms. The molecule has 0 aliphatic heterocycles. The molecule has 0 radical (unpaired) electrons. The molecule has 1 saturated carbocycles. The van der Waals surface area contributed by atoms with Crippen molar-refractivity contribution in [2.75, 3.05) is 6.26 Å². The minimum absolute atomic E-state index is 0.528. The Labute approximate surface area is 105 Å². The second-order valence-electron chi connectivity index (χ2n) is 4.36. The van der Waals surface area contributed by atoms with Gasteiger partial charge in [-0.15, -0.1) is 0 Å². The number of hydrogen-bond acceptors (Lipinski definition) is 3. The van der Waals surface area contributed by atoms with Gasteiger partial charge in [0.25, 0.3) is 0 Å². The van der Waals surface area contributed by atoms with Gasteiger partial charge in [-0.2, -0.15) is 0 Å². The first-order valence-electron chi connectivity index (χ1n) is 5.43. The molecule has 3 unspecified atom stereocenters. The van der Waals surface area contributed by atoms with E-state index >= 15 is 0 Å². The van der Waals surface area contributed by atoms with E-state index in [1.54, 1.807) is 5.57 Å². The molecule has 15 heavy (non-hydrogen) atoms. The number of hydrogen-bond donors (Lipinski definition) is 0. The fraction of sp³-hybridized carbons (Fsp3) is 0.667. The first-order valence-corrected chi connectivity index (χ1v) is 9.38. The van der Waals surface area contributed by atoms with Gasteiger partial charge < -0.3 is 0 Å². The average molecular weight is 258 g/mol. The van der Waals surface area contributed by atoms with Crippen LogP contribution in [0.15, 0.2) is 23.8 Å². The van der Waals surface area contributed by atoms with Gasteiger partial charge in [0.1, 0.15) is 0 Å². The van der Waals surface area contributed by atoms with E-state index in [0.717, 1.165) is 17.6 Å². The van der Waals surface area contributed by atoms with Crippen LogP contribution in [0.5, 0.6) is 0 Å². The fourth-order valence-electron chi connectivity index (χ4n) is 2.64. The van der Waals surface area contributed by atoms with Gasteiger partial charge in [0, 0.05) is 10.7 Å². The molecule has 2 aliphatic rings. The van der Waals surface area contributed by atoms with Gasteiger partial charge in [-0.05, 0) is 40.4 Å². The maximum absolute atomic E-state index is 4.19. The molecule has 0 aromatic rings. The Hall–Kier alpha value is 0.530.